The van der Waals surface area contributed by atoms with E-state index in [0.29, 0.717) is 17.5 Å². The smallest absolute Gasteiger partial charge is 0.164 e. The Balaban J connectivity index is 1.15. The molecule has 0 atom stereocenters. The monoisotopic (exact) mass is 790 g/mol. The van der Waals surface area contributed by atoms with Crippen LogP contribution in [0.1, 0.15) is 22.3 Å². The molecule has 0 N–H and O–H groups in total. The van der Waals surface area contributed by atoms with Crippen LogP contribution in [-0.4, -0.2) is 19.5 Å². The number of nitrogens with zero attached hydrogens (tertiary/aromatic N) is 4. The van der Waals surface area contributed by atoms with Gasteiger partial charge >= 0.3 is 0 Å². The van der Waals surface area contributed by atoms with Crippen LogP contribution in [0, 0.1) is 0 Å². The summed E-state index contributed by atoms with van der Waals surface area (Å²) in [5.74, 6) is 1.86. The summed E-state index contributed by atoms with van der Waals surface area (Å²) in [4.78, 5) is 16.1. The predicted octanol–water partition coefficient (Wildman–Crippen LogP) is 14.0. The molecule has 62 heavy (non-hydrogen) atoms. The van der Waals surface area contributed by atoms with Crippen LogP contribution in [0.4, 0.5) is 0 Å². The summed E-state index contributed by atoms with van der Waals surface area (Å²) in [5, 5.41) is 2.31. The van der Waals surface area contributed by atoms with Gasteiger partial charge in [-0.1, -0.05) is 182 Å². The van der Waals surface area contributed by atoms with Gasteiger partial charge in [-0.3, -0.25) is 0 Å². The first-order valence-corrected chi connectivity index (χ1v) is 21.1. The number of hydrogen-bond donors (Lipinski definition) is 0. The molecule has 0 radical (unpaired) electrons. The highest BCUT2D eigenvalue weighted by molar-refractivity contribution is 6.10. The van der Waals surface area contributed by atoms with E-state index < -0.39 is 5.41 Å². The Hall–Kier alpha value is -8.21. The van der Waals surface area contributed by atoms with Gasteiger partial charge in [-0.05, 0) is 93.0 Å². The fraction of sp³-hybridized carbons (Fsp3) is 0.0172. The molecule has 0 bridgehead atoms. The maximum absolute atomic E-state index is 5.48. The summed E-state index contributed by atoms with van der Waals surface area (Å²) in [6.07, 6.45) is 0. The van der Waals surface area contributed by atoms with Crippen LogP contribution in [-0.2, 0) is 5.41 Å². The Morgan fingerprint density at radius 3 is 1.53 bits per heavy atom. The molecule has 1 aliphatic rings. The Kier molecular flexibility index (Phi) is 8.36. The maximum atomic E-state index is 5.48. The second kappa shape index (κ2) is 14.5. The second-order valence-corrected chi connectivity index (χ2v) is 15.9. The van der Waals surface area contributed by atoms with Crippen LogP contribution in [0.5, 0.6) is 0 Å². The van der Waals surface area contributed by atoms with Crippen molar-refractivity contribution in [2.75, 3.05) is 0 Å². The summed E-state index contributed by atoms with van der Waals surface area (Å²) < 4.78 is 2.34. The Morgan fingerprint density at radius 1 is 0.306 bits per heavy atom. The SMILES string of the molecule is c1ccc(-c2nc(-c3ccc4c(c3)c3ccccc3n4-c3ccccc3)nc(-c3cc4c(cc3-c3ccccc3)-c3ccccc3C4(c3ccccc3)c3ccccc3)n2)cc1. The molecule has 0 amide bonds. The molecule has 11 aromatic rings. The van der Waals surface area contributed by atoms with Gasteiger partial charge < -0.3 is 4.57 Å². The van der Waals surface area contributed by atoms with Crippen molar-refractivity contribution in [1.29, 1.82) is 0 Å². The number of fused-ring (bicyclic) bond motifs is 6. The van der Waals surface area contributed by atoms with Crippen molar-refractivity contribution in [2.24, 2.45) is 0 Å². The molecule has 0 saturated carbocycles. The lowest BCUT2D eigenvalue weighted by molar-refractivity contribution is 0.768. The summed E-state index contributed by atoms with van der Waals surface area (Å²) >= 11 is 0. The first-order chi connectivity index (χ1) is 30.8. The minimum absolute atomic E-state index is 0.589. The third kappa shape index (κ3) is 5.58. The van der Waals surface area contributed by atoms with E-state index >= 15 is 0 Å². The van der Waals surface area contributed by atoms with Gasteiger partial charge in [0.25, 0.3) is 0 Å². The topological polar surface area (TPSA) is 43.6 Å². The number of aromatic nitrogens is 4. The van der Waals surface area contributed by atoms with Crippen molar-refractivity contribution < 1.29 is 0 Å². The van der Waals surface area contributed by atoms with Gasteiger partial charge in [0.15, 0.2) is 17.5 Å². The molecular formula is C58H38N4. The molecule has 9 aromatic carbocycles. The molecule has 0 saturated heterocycles. The van der Waals surface area contributed by atoms with Crippen molar-refractivity contribution in [3.63, 3.8) is 0 Å². The van der Waals surface area contributed by atoms with Crippen LogP contribution < -0.4 is 0 Å². The first-order valence-electron chi connectivity index (χ1n) is 21.1. The van der Waals surface area contributed by atoms with Crippen molar-refractivity contribution >= 4 is 21.8 Å². The largest absolute Gasteiger partial charge is 0.309 e. The van der Waals surface area contributed by atoms with E-state index in [9.17, 15) is 0 Å². The van der Waals surface area contributed by atoms with Crippen LogP contribution >= 0.6 is 0 Å². The average molecular weight is 791 g/mol. The fourth-order valence-electron chi connectivity index (χ4n) is 9.84. The summed E-state index contributed by atoms with van der Waals surface area (Å²) in [6.45, 7) is 0. The van der Waals surface area contributed by atoms with E-state index in [2.05, 4.69) is 217 Å². The highest BCUT2D eigenvalue weighted by Crippen LogP contribution is 2.58. The highest BCUT2D eigenvalue weighted by atomic mass is 15.0. The Labute approximate surface area is 360 Å². The predicted molar refractivity (Wildman–Crippen MR) is 253 cm³/mol. The number of benzene rings is 9. The van der Waals surface area contributed by atoms with E-state index in [4.69, 9.17) is 15.0 Å². The third-order valence-corrected chi connectivity index (χ3v) is 12.5. The van der Waals surface area contributed by atoms with E-state index in [1.54, 1.807) is 0 Å². The fourth-order valence-corrected chi connectivity index (χ4v) is 9.84. The van der Waals surface area contributed by atoms with Crippen molar-refractivity contribution in [2.45, 2.75) is 5.41 Å². The molecule has 4 heteroatoms. The number of rotatable bonds is 7. The molecule has 4 nitrogen and oxygen atoms in total. The van der Waals surface area contributed by atoms with Crippen molar-refractivity contribution in [1.82, 2.24) is 19.5 Å². The van der Waals surface area contributed by atoms with Crippen molar-refractivity contribution in [3.05, 3.63) is 253 Å². The summed E-state index contributed by atoms with van der Waals surface area (Å²) in [5.41, 5.74) is 15.1. The van der Waals surface area contributed by atoms with Crippen LogP contribution in [0.15, 0.2) is 231 Å². The highest BCUT2D eigenvalue weighted by Gasteiger charge is 2.46. The zero-order chi connectivity index (χ0) is 41.0. The van der Waals surface area contributed by atoms with Crippen LogP contribution in [0.25, 0.3) is 83.9 Å². The van der Waals surface area contributed by atoms with Gasteiger partial charge in [-0.2, -0.15) is 0 Å². The summed E-state index contributed by atoms with van der Waals surface area (Å²) in [7, 11) is 0. The van der Waals surface area contributed by atoms with Gasteiger partial charge in [0, 0.05) is 33.2 Å². The van der Waals surface area contributed by atoms with Crippen molar-refractivity contribution in [3.8, 4) is 62.1 Å². The molecule has 0 spiro atoms. The minimum atomic E-state index is -0.589. The van der Waals surface area contributed by atoms with E-state index in [0.717, 1.165) is 49.9 Å². The number of hydrogen-bond acceptors (Lipinski definition) is 3. The Bertz CT molecular complexity index is 3390. The quantitative estimate of drug-likeness (QED) is 0.161. The molecular weight excluding hydrogens is 753 g/mol. The second-order valence-electron chi connectivity index (χ2n) is 15.9. The lowest BCUT2D eigenvalue weighted by Gasteiger charge is -2.34. The van der Waals surface area contributed by atoms with Gasteiger partial charge in [-0.15, -0.1) is 0 Å². The maximum Gasteiger partial charge on any atom is 0.164 e. The molecule has 1 aliphatic carbocycles. The molecule has 2 heterocycles. The molecule has 0 aliphatic heterocycles. The molecule has 290 valence electrons. The lowest BCUT2D eigenvalue weighted by Crippen LogP contribution is -2.28. The Morgan fingerprint density at radius 2 is 0.839 bits per heavy atom. The van der Waals surface area contributed by atoms with Gasteiger partial charge in [0.1, 0.15) is 0 Å². The number of para-hydroxylation sites is 2. The van der Waals surface area contributed by atoms with Crippen LogP contribution in [0.2, 0.25) is 0 Å². The van der Waals surface area contributed by atoms with E-state index in [1.165, 1.54) is 38.8 Å². The molecule has 0 unspecified atom stereocenters. The molecule has 0 fully saturated rings. The zero-order valence-corrected chi connectivity index (χ0v) is 33.7. The minimum Gasteiger partial charge on any atom is -0.309 e. The third-order valence-electron chi connectivity index (χ3n) is 12.5. The zero-order valence-electron chi connectivity index (χ0n) is 33.7. The van der Waals surface area contributed by atoms with Gasteiger partial charge in [0.2, 0.25) is 0 Å². The normalized spacial score (nSPS) is 12.6. The average Bonchev–Trinajstić information content (AvgIpc) is 3.85. The van der Waals surface area contributed by atoms with Gasteiger partial charge in [0.05, 0.1) is 16.4 Å². The van der Waals surface area contributed by atoms with Gasteiger partial charge in [-0.25, -0.2) is 15.0 Å². The first kappa shape index (κ1) is 35.7. The molecule has 2 aromatic heterocycles. The standard InChI is InChI=1S/C58H38N4/c1-6-20-39(21-7-1)47-37-48-45-30-16-18-32-51(45)58(42-24-10-3-11-25-42,43-26-12-4-13-27-43)52(48)38-50(47)57-60-55(40-22-8-2-9-23-40)59-56(61-57)41-34-35-54-49(36-41)46-31-17-19-33-53(46)62(54)44-28-14-5-15-29-44/h1-38H. The lowest BCUT2D eigenvalue weighted by atomic mass is 9.67. The summed E-state index contributed by atoms with van der Waals surface area (Å²) in [6, 6.07) is 82.2. The molecule has 12 rings (SSSR count). The van der Waals surface area contributed by atoms with Crippen LogP contribution in [0.3, 0.4) is 0 Å². The van der Waals surface area contributed by atoms with E-state index in [1.807, 2.05) is 18.2 Å². The van der Waals surface area contributed by atoms with E-state index in [-0.39, 0.29) is 0 Å².